The molecule has 2 aliphatic carbocycles. The van der Waals surface area contributed by atoms with Crippen molar-refractivity contribution in [3.05, 3.63) is 29.1 Å². The van der Waals surface area contributed by atoms with Crippen LogP contribution < -0.4 is 5.73 Å². The van der Waals surface area contributed by atoms with Crippen LogP contribution in [0.2, 0.25) is 0 Å². The van der Waals surface area contributed by atoms with E-state index >= 15 is 0 Å². The third-order valence-corrected chi connectivity index (χ3v) is 4.10. The van der Waals surface area contributed by atoms with Crippen LogP contribution in [0.15, 0.2) is 12.3 Å². The van der Waals surface area contributed by atoms with E-state index in [0.717, 1.165) is 18.8 Å². The molecule has 0 amide bonds. The summed E-state index contributed by atoms with van der Waals surface area (Å²) in [6, 6.07) is 2.69. The van der Waals surface area contributed by atoms with Crippen molar-refractivity contribution in [2.45, 2.75) is 56.9 Å². The van der Waals surface area contributed by atoms with E-state index in [4.69, 9.17) is 5.73 Å². The molecule has 2 N–H and O–H groups in total. The molecule has 0 aliphatic heterocycles. The van der Waals surface area contributed by atoms with E-state index in [-0.39, 0.29) is 0 Å². The normalized spacial score (nSPS) is 25.7. The summed E-state index contributed by atoms with van der Waals surface area (Å²) in [5, 5.41) is 0. The van der Waals surface area contributed by atoms with Crippen LogP contribution in [-0.2, 0) is 12.8 Å². The van der Waals surface area contributed by atoms with Crippen molar-refractivity contribution in [2.24, 2.45) is 5.73 Å². The zero-order valence-electron chi connectivity index (χ0n) is 9.78. The fourth-order valence-electron chi connectivity index (χ4n) is 3.18. The predicted octanol–water partition coefficient (Wildman–Crippen LogP) is 2.56. The molecule has 2 aliphatic rings. The summed E-state index contributed by atoms with van der Waals surface area (Å²) in [5.41, 5.74) is 10.1. The molecule has 0 bridgehead atoms. The fourth-order valence-corrected chi connectivity index (χ4v) is 3.18. The summed E-state index contributed by atoms with van der Waals surface area (Å²) in [7, 11) is 0. The van der Waals surface area contributed by atoms with Crippen LogP contribution in [0.1, 0.15) is 54.8 Å². The fraction of sp³-hybridized carbons (Fsp3) is 0.643. The van der Waals surface area contributed by atoms with E-state index in [1.807, 2.05) is 0 Å². The zero-order chi connectivity index (χ0) is 11.0. The van der Waals surface area contributed by atoms with Gasteiger partial charge < -0.3 is 5.73 Å². The highest BCUT2D eigenvalue weighted by Gasteiger charge is 2.22. The molecular formula is C14H20N2. The van der Waals surface area contributed by atoms with E-state index in [1.54, 1.807) is 0 Å². The average molecular weight is 216 g/mol. The van der Waals surface area contributed by atoms with Crippen LogP contribution in [0.5, 0.6) is 0 Å². The van der Waals surface area contributed by atoms with E-state index in [0.29, 0.717) is 6.04 Å². The molecule has 86 valence electrons. The largest absolute Gasteiger partial charge is 0.327 e. The maximum absolute atomic E-state index is 5.97. The Kier molecular flexibility index (Phi) is 2.68. The number of nitrogens with zero attached hydrogens (tertiary/aromatic N) is 1. The molecule has 3 rings (SSSR count). The van der Waals surface area contributed by atoms with Crippen molar-refractivity contribution in [3.8, 4) is 0 Å². The maximum atomic E-state index is 5.97. The van der Waals surface area contributed by atoms with Crippen molar-refractivity contribution < 1.29 is 0 Å². The molecule has 0 aromatic carbocycles. The van der Waals surface area contributed by atoms with Crippen molar-refractivity contribution >= 4 is 0 Å². The predicted molar refractivity (Wildman–Crippen MR) is 65.4 cm³/mol. The highest BCUT2D eigenvalue weighted by molar-refractivity contribution is 5.32. The first-order chi connectivity index (χ1) is 7.83. The lowest BCUT2D eigenvalue weighted by Crippen LogP contribution is -2.19. The quantitative estimate of drug-likeness (QED) is 0.783. The van der Waals surface area contributed by atoms with Crippen LogP contribution in [0.3, 0.4) is 0 Å². The van der Waals surface area contributed by atoms with Crippen molar-refractivity contribution in [3.63, 3.8) is 0 Å². The summed E-state index contributed by atoms with van der Waals surface area (Å²) < 4.78 is 0. The number of rotatable bonds is 1. The van der Waals surface area contributed by atoms with Gasteiger partial charge in [0.25, 0.3) is 0 Å². The minimum atomic E-state index is 0.309. The Morgan fingerprint density at radius 1 is 1.12 bits per heavy atom. The van der Waals surface area contributed by atoms with Crippen LogP contribution in [0, 0.1) is 0 Å². The van der Waals surface area contributed by atoms with Gasteiger partial charge in [0.05, 0.1) is 0 Å². The molecular weight excluding hydrogens is 196 g/mol. The second-order valence-corrected chi connectivity index (χ2v) is 5.38. The van der Waals surface area contributed by atoms with Gasteiger partial charge in [0.15, 0.2) is 0 Å². The summed E-state index contributed by atoms with van der Waals surface area (Å²) >= 11 is 0. The van der Waals surface area contributed by atoms with Gasteiger partial charge in [-0.3, -0.25) is 4.98 Å². The van der Waals surface area contributed by atoms with Crippen LogP contribution in [-0.4, -0.2) is 11.0 Å². The number of hydrogen-bond donors (Lipinski definition) is 1. The Hall–Kier alpha value is -0.890. The smallest absolute Gasteiger partial charge is 0.0451 e. The molecule has 1 aromatic heterocycles. The van der Waals surface area contributed by atoms with E-state index in [9.17, 15) is 0 Å². The lowest BCUT2D eigenvalue weighted by Gasteiger charge is -2.22. The summed E-state index contributed by atoms with van der Waals surface area (Å²) in [6.07, 6.45) is 11.0. The summed E-state index contributed by atoms with van der Waals surface area (Å²) in [6.45, 7) is 0. The first-order valence-electron chi connectivity index (χ1n) is 6.56. The van der Waals surface area contributed by atoms with Crippen molar-refractivity contribution in [1.29, 1.82) is 0 Å². The maximum Gasteiger partial charge on any atom is 0.0451 e. The Morgan fingerprint density at radius 2 is 1.94 bits per heavy atom. The van der Waals surface area contributed by atoms with Gasteiger partial charge in [-0.1, -0.05) is 25.3 Å². The molecule has 1 fully saturated rings. The van der Waals surface area contributed by atoms with Gasteiger partial charge >= 0.3 is 0 Å². The highest BCUT2D eigenvalue weighted by Crippen LogP contribution is 2.33. The van der Waals surface area contributed by atoms with Gasteiger partial charge in [0.1, 0.15) is 0 Å². The van der Waals surface area contributed by atoms with Crippen LogP contribution in [0.4, 0.5) is 0 Å². The summed E-state index contributed by atoms with van der Waals surface area (Å²) in [4.78, 5) is 4.60. The highest BCUT2D eigenvalue weighted by atomic mass is 14.7. The van der Waals surface area contributed by atoms with Gasteiger partial charge in [-0.2, -0.15) is 0 Å². The van der Waals surface area contributed by atoms with Crippen LogP contribution in [0.25, 0.3) is 0 Å². The molecule has 1 aromatic rings. The number of pyridine rings is 1. The van der Waals surface area contributed by atoms with E-state index in [1.165, 1.54) is 48.9 Å². The topological polar surface area (TPSA) is 38.9 Å². The summed E-state index contributed by atoms with van der Waals surface area (Å²) in [5.74, 6) is 0.767. The molecule has 0 spiro atoms. The van der Waals surface area contributed by atoms with Crippen LogP contribution >= 0.6 is 0 Å². The number of nitrogens with two attached hydrogens (primary N) is 1. The molecule has 0 radical (unpaired) electrons. The molecule has 0 saturated heterocycles. The Morgan fingerprint density at radius 3 is 2.75 bits per heavy atom. The Balaban J connectivity index is 1.84. The lowest BCUT2D eigenvalue weighted by molar-refractivity contribution is 0.442. The molecule has 1 heterocycles. The third kappa shape index (κ3) is 1.86. The van der Waals surface area contributed by atoms with Gasteiger partial charge in [0.2, 0.25) is 0 Å². The Labute approximate surface area is 97.3 Å². The van der Waals surface area contributed by atoms with Gasteiger partial charge in [-0.05, 0) is 36.3 Å². The van der Waals surface area contributed by atoms with Gasteiger partial charge in [-0.25, -0.2) is 0 Å². The zero-order valence-corrected chi connectivity index (χ0v) is 9.78. The van der Waals surface area contributed by atoms with Gasteiger partial charge in [0, 0.05) is 24.4 Å². The molecule has 1 unspecified atom stereocenters. The minimum Gasteiger partial charge on any atom is -0.327 e. The molecule has 16 heavy (non-hydrogen) atoms. The van der Waals surface area contributed by atoms with Crippen molar-refractivity contribution in [1.82, 2.24) is 4.98 Å². The monoisotopic (exact) mass is 216 g/mol. The number of hydrogen-bond acceptors (Lipinski definition) is 2. The Bertz CT molecular complexity index is 380. The first-order valence-corrected chi connectivity index (χ1v) is 6.56. The second-order valence-electron chi connectivity index (χ2n) is 5.38. The molecule has 1 saturated carbocycles. The molecule has 2 nitrogen and oxygen atoms in total. The first kappa shape index (κ1) is 10.3. The lowest BCUT2D eigenvalue weighted by atomic mass is 9.84. The third-order valence-electron chi connectivity index (χ3n) is 4.10. The standard InChI is InChI=1S/C14H20N2/c15-13-7-11-6-12(9-16-14(11)8-13)10-4-2-1-3-5-10/h6,9-10,13H,1-5,7-8,15H2. The molecule has 1 atom stereocenters. The van der Waals surface area contributed by atoms with E-state index in [2.05, 4.69) is 17.2 Å². The van der Waals surface area contributed by atoms with Gasteiger partial charge in [-0.15, -0.1) is 0 Å². The number of fused-ring (bicyclic) bond motifs is 1. The SMILES string of the molecule is NC1Cc2cc(C3CCCCC3)cnc2C1. The minimum absolute atomic E-state index is 0.309. The van der Waals surface area contributed by atoms with Crippen molar-refractivity contribution in [2.75, 3.05) is 0 Å². The average Bonchev–Trinajstić information content (AvgIpc) is 2.69. The molecule has 2 heteroatoms. The number of aromatic nitrogens is 1. The second kappa shape index (κ2) is 4.17. The van der Waals surface area contributed by atoms with E-state index < -0.39 is 0 Å².